The average Bonchev–Trinajstić information content (AvgIpc) is 2.96. The van der Waals surface area contributed by atoms with Crippen LogP contribution < -0.4 is 10.2 Å². The highest BCUT2D eigenvalue weighted by atomic mass is 32.2. The largest absolute Gasteiger partial charge is 0.416 e. The molecule has 41 heavy (non-hydrogen) atoms. The number of amides is 2. The fraction of sp³-hybridized carbons (Fsp3) is 0.393. The number of nitrogens with one attached hydrogen (secondary N) is 1. The zero-order valence-electron chi connectivity index (χ0n) is 22.1. The van der Waals surface area contributed by atoms with Crippen LogP contribution >= 0.6 is 0 Å². The number of sulfonamides is 1. The molecule has 0 aliphatic carbocycles. The highest BCUT2D eigenvalue weighted by molar-refractivity contribution is 7.89. The van der Waals surface area contributed by atoms with Crippen LogP contribution in [-0.4, -0.2) is 55.9 Å². The number of piperazine rings is 1. The molecule has 2 fully saturated rings. The van der Waals surface area contributed by atoms with Crippen molar-refractivity contribution in [1.82, 2.24) is 14.5 Å². The zero-order valence-corrected chi connectivity index (χ0v) is 23.0. The van der Waals surface area contributed by atoms with Crippen molar-refractivity contribution in [3.63, 3.8) is 0 Å². The molecule has 2 atom stereocenters. The van der Waals surface area contributed by atoms with Crippen LogP contribution in [0.5, 0.6) is 0 Å². The van der Waals surface area contributed by atoms with E-state index < -0.39 is 33.8 Å². The van der Waals surface area contributed by atoms with E-state index >= 15 is 0 Å². The second kappa shape index (κ2) is 10.8. The summed E-state index contributed by atoms with van der Waals surface area (Å²) in [5, 5.41) is 22.3. The Morgan fingerprint density at radius 1 is 1.02 bits per heavy atom. The first kappa shape index (κ1) is 28.6. The number of anilines is 1. The number of piperidine rings is 1. The van der Waals surface area contributed by atoms with Crippen molar-refractivity contribution < 1.29 is 26.4 Å². The van der Waals surface area contributed by atoms with Crippen LogP contribution in [0.3, 0.4) is 0 Å². The number of halogens is 3. The summed E-state index contributed by atoms with van der Waals surface area (Å²) >= 11 is 0. The van der Waals surface area contributed by atoms with E-state index in [0.29, 0.717) is 13.1 Å². The number of carbonyl (C=O) groups is 1. The van der Waals surface area contributed by atoms with Crippen molar-refractivity contribution >= 4 is 21.7 Å². The molecule has 2 amide bonds. The predicted molar refractivity (Wildman–Crippen MR) is 143 cm³/mol. The lowest BCUT2D eigenvalue weighted by molar-refractivity contribution is -0.137. The highest BCUT2D eigenvalue weighted by Gasteiger charge is 2.40. The van der Waals surface area contributed by atoms with E-state index in [4.69, 9.17) is 0 Å². The van der Waals surface area contributed by atoms with E-state index in [1.807, 2.05) is 12.1 Å². The van der Waals surface area contributed by atoms with Crippen molar-refractivity contribution in [2.45, 2.75) is 49.3 Å². The molecule has 3 aliphatic rings. The molecule has 1 N–H and O–H groups in total. The first-order valence-electron chi connectivity index (χ1n) is 13.1. The number of allylic oxidation sites excluding steroid dienone is 1. The zero-order chi connectivity index (χ0) is 29.5. The Bertz CT molecular complexity index is 1610. The molecule has 0 radical (unpaired) electrons. The SMILES string of the molecule is CC1=C(C#N)C(c2ccc(C#N)cc2S(=O)(=O)N2CCN3CCCCC3C2)NC(=O)N1c1cccc(C(F)(F)F)c1. The molecule has 0 spiro atoms. The van der Waals surface area contributed by atoms with Gasteiger partial charge in [-0.05, 0) is 62.2 Å². The quantitative estimate of drug-likeness (QED) is 0.565. The third-order valence-corrected chi connectivity index (χ3v) is 9.83. The molecule has 2 unspecified atom stereocenters. The lowest BCUT2D eigenvalue weighted by Gasteiger charge is -2.43. The summed E-state index contributed by atoms with van der Waals surface area (Å²) in [7, 11) is -4.15. The van der Waals surface area contributed by atoms with Gasteiger partial charge in [0.2, 0.25) is 10.0 Å². The molecule has 13 heteroatoms. The third kappa shape index (κ3) is 5.28. The summed E-state index contributed by atoms with van der Waals surface area (Å²) in [6, 6.07) is 10.2. The molecule has 2 aromatic rings. The molecule has 0 saturated carbocycles. The molecule has 214 valence electrons. The van der Waals surface area contributed by atoms with Crippen LogP contribution in [0.25, 0.3) is 0 Å². The third-order valence-electron chi connectivity index (χ3n) is 7.91. The van der Waals surface area contributed by atoms with E-state index in [2.05, 4.69) is 10.2 Å². The monoisotopic (exact) mass is 584 g/mol. The van der Waals surface area contributed by atoms with E-state index in [1.54, 1.807) is 0 Å². The van der Waals surface area contributed by atoms with Crippen molar-refractivity contribution in [3.05, 3.63) is 70.4 Å². The van der Waals surface area contributed by atoms with Crippen LogP contribution in [0.1, 0.15) is 48.9 Å². The molecule has 3 aliphatic heterocycles. The van der Waals surface area contributed by atoms with E-state index in [1.165, 1.54) is 35.5 Å². The first-order valence-corrected chi connectivity index (χ1v) is 14.6. The van der Waals surface area contributed by atoms with E-state index in [0.717, 1.165) is 48.9 Å². The topological polar surface area (TPSA) is 121 Å². The van der Waals surface area contributed by atoms with Gasteiger partial charge < -0.3 is 5.32 Å². The van der Waals surface area contributed by atoms with Gasteiger partial charge in [0.05, 0.1) is 45.5 Å². The Balaban J connectivity index is 1.57. The van der Waals surface area contributed by atoms with Crippen LogP contribution in [0.2, 0.25) is 0 Å². The summed E-state index contributed by atoms with van der Waals surface area (Å²) in [6.45, 7) is 3.46. The summed E-state index contributed by atoms with van der Waals surface area (Å²) in [5.74, 6) is 0. The number of carbonyl (C=O) groups excluding carboxylic acids is 1. The summed E-state index contributed by atoms with van der Waals surface area (Å²) in [5.41, 5.74) is -0.850. The van der Waals surface area contributed by atoms with Crippen LogP contribution in [0.15, 0.2) is 58.6 Å². The smallest absolute Gasteiger partial charge is 0.326 e. The number of urea groups is 1. The van der Waals surface area contributed by atoms with Crippen LogP contribution in [0.4, 0.5) is 23.7 Å². The molecular weight excluding hydrogens is 557 g/mol. The van der Waals surface area contributed by atoms with Gasteiger partial charge in [-0.15, -0.1) is 0 Å². The van der Waals surface area contributed by atoms with Gasteiger partial charge in [-0.3, -0.25) is 9.80 Å². The minimum absolute atomic E-state index is 0.0414. The molecule has 2 aromatic carbocycles. The number of nitriles is 2. The van der Waals surface area contributed by atoms with Crippen molar-refractivity contribution in [3.8, 4) is 12.1 Å². The summed E-state index contributed by atoms with van der Waals surface area (Å²) < 4.78 is 69.5. The number of hydrogen-bond acceptors (Lipinski definition) is 6. The number of alkyl halides is 3. The van der Waals surface area contributed by atoms with Crippen molar-refractivity contribution in [2.75, 3.05) is 31.1 Å². The maximum Gasteiger partial charge on any atom is 0.416 e. The Hall–Kier alpha value is -3.91. The minimum atomic E-state index is -4.64. The van der Waals surface area contributed by atoms with Gasteiger partial charge in [-0.2, -0.15) is 28.0 Å². The van der Waals surface area contributed by atoms with Crippen molar-refractivity contribution in [1.29, 1.82) is 10.5 Å². The minimum Gasteiger partial charge on any atom is -0.326 e. The number of rotatable bonds is 4. The molecule has 0 bridgehead atoms. The highest BCUT2D eigenvalue weighted by Crippen LogP contribution is 2.39. The number of benzene rings is 2. The van der Waals surface area contributed by atoms with Gasteiger partial charge in [0.25, 0.3) is 0 Å². The van der Waals surface area contributed by atoms with Crippen LogP contribution in [-0.2, 0) is 16.2 Å². The standard InChI is InChI=1S/C28H27F3N6O3S/c1-18-24(16-33)26(34-27(38)37(18)21-7-4-5-20(14-21)28(29,30)31)23-9-8-19(15-32)13-25(23)41(39,40)36-12-11-35-10-3-2-6-22(35)17-36/h4-5,7-9,13-14,22,26H,2-3,6,10-12,17H2,1H3,(H,34,38). The number of hydrogen-bond donors (Lipinski definition) is 1. The second-order valence-electron chi connectivity index (χ2n) is 10.3. The van der Waals surface area contributed by atoms with Gasteiger partial charge in [0.1, 0.15) is 0 Å². The first-order chi connectivity index (χ1) is 19.5. The average molecular weight is 585 g/mol. The lowest BCUT2D eigenvalue weighted by Crippen LogP contribution is -2.56. The second-order valence-corrected chi connectivity index (χ2v) is 12.2. The summed E-state index contributed by atoms with van der Waals surface area (Å²) in [4.78, 5) is 16.4. The molecule has 3 heterocycles. The van der Waals surface area contributed by atoms with Gasteiger partial charge in [0, 0.05) is 31.4 Å². The van der Waals surface area contributed by atoms with Crippen molar-refractivity contribution in [2.24, 2.45) is 0 Å². The molecular formula is C28H27F3N6O3S. The van der Waals surface area contributed by atoms with E-state index in [9.17, 15) is 36.9 Å². The van der Waals surface area contributed by atoms with Crippen LogP contribution in [0, 0.1) is 22.7 Å². The molecule has 2 saturated heterocycles. The van der Waals surface area contributed by atoms with Gasteiger partial charge >= 0.3 is 12.2 Å². The molecule has 5 rings (SSSR count). The van der Waals surface area contributed by atoms with Gasteiger partial charge in [-0.25, -0.2) is 13.2 Å². The molecule has 9 nitrogen and oxygen atoms in total. The maximum atomic E-state index is 14.0. The van der Waals surface area contributed by atoms with Gasteiger partial charge in [-0.1, -0.05) is 18.6 Å². The van der Waals surface area contributed by atoms with Gasteiger partial charge in [0.15, 0.2) is 0 Å². The molecule has 0 aromatic heterocycles. The normalized spacial score (nSPS) is 22.5. The fourth-order valence-corrected chi connectivity index (χ4v) is 7.53. The lowest BCUT2D eigenvalue weighted by atomic mass is 9.94. The number of fused-ring (bicyclic) bond motifs is 1. The maximum absolute atomic E-state index is 14.0. The Kier molecular flexibility index (Phi) is 7.55. The predicted octanol–water partition coefficient (Wildman–Crippen LogP) is 4.50. The van der Waals surface area contributed by atoms with E-state index in [-0.39, 0.29) is 45.6 Å². The fourth-order valence-electron chi connectivity index (χ4n) is 5.80. The summed E-state index contributed by atoms with van der Waals surface area (Å²) in [6.07, 6.45) is -1.69. The number of nitrogens with zero attached hydrogens (tertiary/aromatic N) is 5. The Morgan fingerprint density at radius 3 is 2.51 bits per heavy atom. The Morgan fingerprint density at radius 2 is 1.80 bits per heavy atom. The Labute approximate surface area is 236 Å².